The molecule has 3 N–H and O–H groups in total. The zero-order valence-corrected chi connectivity index (χ0v) is 16.8. The molecule has 1 aliphatic heterocycles. The number of H-pyrrole nitrogens is 1. The van der Waals surface area contributed by atoms with Gasteiger partial charge in [-0.3, -0.25) is 5.41 Å². The van der Waals surface area contributed by atoms with Crippen LogP contribution in [0, 0.1) is 5.41 Å². The number of aliphatic hydroxyl groups excluding tert-OH is 1. The van der Waals surface area contributed by atoms with Crippen LogP contribution in [0.25, 0.3) is 16.6 Å². The minimum absolute atomic E-state index is 0.0236. The highest BCUT2D eigenvalue weighted by molar-refractivity contribution is 6.23. The average molecular weight is 407 g/mol. The minimum atomic E-state index is 0.0236. The zero-order valence-electron chi connectivity index (χ0n) is 16.8. The van der Waals surface area contributed by atoms with Crippen LogP contribution in [0.2, 0.25) is 0 Å². The molecule has 9 nitrogen and oxygen atoms in total. The maximum absolute atomic E-state index is 10.5. The highest BCUT2D eigenvalue weighted by Crippen LogP contribution is 2.39. The molecular formula is C21H21N5O4. The number of para-hydroxylation sites is 2. The number of rotatable bonds is 6. The molecule has 1 aromatic heterocycles. The van der Waals surface area contributed by atoms with Gasteiger partial charge in [0.25, 0.3) is 0 Å². The van der Waals surface area contributed by atoms with Crippen LogP contribution in [0.3, 0.4) is 0 Å². The molecule has 0 aliphatic carbocycles. The Balaban J connectivity index is 1.62. The summed E-state index contributed by atoms with van der Waals surface area (Å²) in [5.41, 5.74) is 2.55. The number of hydrogen-bond donors (Lipinski definition) is 3. The Kier molecular flexibility index (Phi) is 5.01. The maximum Gasteiger partial charge on any atom is 0.203 e. The van der Waals surface area contributed by atoms with Gasteiger partial charge in [-0.1, -0.05) is 12.1 Å². The minimum Gasteiger partial charge on any atom is -0.509 e. The van der Waals surface area contributed by atoms with E-state index in [1.807, 2.05) is 24.3 Å². The van der Waals surface area contributed by atoms with Crippen LogP contribution < -0.4 is 14.2 Å². The van der Waals surface area contributed by atoms with Crippen LogP contribution in [0.1, 0.15) is 11.4 Å². The van der Waals surface area contributed by atoms with E-state index >= 15 is 0 Å². The molecule has 3 aromatic rings. The molecule has 0 bridgehead atoms. The molecule has 0 saturated carbocycles. The number of imidazole rings is 1. The molecule has 2 heterocycles. The van der Waals surface area contributed by atoms with Gasteiger partial charge in [0, 0.05) is 5.56 Å². The number of fused-ring (bicyclic) bond motifs is 1. The largest absolute Gasteiger partial charge is 0.509 e. The van der Waals surface area contributed by atoms with Gasteiger partial charge in [-0.15, -0.1) is 0 Å². The third kappa shape index (κ3) is 3.20. The van der Waals surface area contributed by atoms with Crippen LogP contribution in [-0.2, 0) is 0 Å². The smallest absolute Gasteiger partial charge is 0.203 e. The predicted molar refractivity (Wildman–Crippen MR) is 114 cm³/mol. The van der Waals surface area contributed by atoms with Gasteiger partial charge in [0.05, 0.1) is 38.6 Å². The van der Waals surface area contributed by atoms with Crippen molar-refractivity contribution in [2.45, 2.75) is 0 Å². The Morgan fingerprint density at radius 1 is 1.10 bits per heavy atom. The molecule has 30 heavy (non-hydrogen) atoms. The highest BCUT2D eigenvalue weighted by atomic mass is 16.5. The average Bonchev–Trinajstić information content (AvgIpc) is 3.30. The van der Waals surface area contributed by atoms with Gasteiger partial charge in [0.1, 0.15) is 23.7 Å². The summed E-state index contributed by atoms with van der Waals surface area (Å²) in [5, 5.41) is 24.7. The lowest BCUT2D eigenvalue weighted by molar-refractivity contribution is 0.324. The van der Waals surface area contributed by atoms with Crippen LogP contribution in [-0.4, -0.2) is 60.0 Å². The quantitative estimate of drug-likeness (QED) is 0.541. The second-order valence-electron chi connectivity index (χ2n) is 6.50. The number of nitrogens with zero attached hydrogens (tertiary/aromatic N) is 3. The third-order valence-electron chi connectivity index (χ3n) is 4.78. The highest BCUT2D eigenvalue weighted by Gasteiger charge is 2.30. The van der Waals surface area contributed by atoms with E-state index in [-0.39, 0.29) is 18.1 Å². The molecule has 4 rings (SSSR count). The molecule has 0 radical (unpaired) electrons. The van der Waals surface area contributed by atoms with Crippen molar-refractivity contribution in [3.63, 3.8) is 0 Å². The number of ether oxygens (including phenoxy) is 3. The van der Waals surface area contributed by atoms with Gasteiger partial charge < -0.3 is 24.3 Å². The van der Waals surface area contributed by atoms with Crippen LogP contribution in [0.4, 0.5) is 0 Å². The summed E-state index contributed by atoms with van der Waals surface area (Å²) >= 11 is 0. The van der Waals surface area contributed by atoms with Gasteiger partial charge in [0.2, 0.25) is 5.75 Å². The van der Waals surface area contributed by atoms with E-state index in [9.17, 15) is 5.11 Å². The first kappa shape index (κ1) is 19.3. The molecule has 2 aromatic carbocycles. The van der Waals surface area contributed by atoms with Gasteiger partial charge in [-0.05, 0) is 24.3 Å². The van der Waals surface area contributed by atoms with E-state index in [0.29, 0.717) is 34.2 Å². The van der Waals surface area contributed by atoms with E-state index < -0.39 is 0 Å². The topological polar surface area (TPSA) is 116 Å². The fourth-order valence-corrected chi connectivity index (χ4v) is 3.34. The predicted octanol–water partition coefficient (Wildman–Crippen LogP) is 3.18. The molecule has 0 fully saturated rings. The summed E-state index contributed by atoms with van der Waals surface area (Å²) in [4.78, 5) is 7.61. The summed E-state index contributed by atoms with van der Waals surface area (Å²) in [6.45, 7) is 0.0668. The number of aromatic amines is 1. The zero-order chi connectivity index (χ0) is 21.3. The number of hydrogen-bond acceptors (Lipinski definition) is 7. The van der Waals surface area contributed by atoms with Crippen molar-refractivity contribution in [2.24, 2.45) is 5.10 Å². The molecule has 0 atom stereocenters. The molecule has 1 aliphatic rings. The normalized spacial score (nSPS) is 14.2. The summed E-state index contributed by atoms with van der Waals surface area (Å²) in [6, 6.07) is 11.1. The number of methoxy groups -OCH3 is 3. The van der Waals surface area contributed by atoms with Crippen molar-refractivity contribution in [1.82, 2.24) is 15.0 Å². The van der Waals surface area contributed by atoms with Crippen LogP contribution in [0.15, 0.2) is 47.3 Å². The van der Waals surface area contributed by atoms with Crippen molar-refractivity contribution in [3.8, 4) is 17.2 Å². The Labute approximate surface area is 172 Å². The molecule has 0 spiro atoms. The summed E-state index contributed by atoms with van der Waals surface area (Å²) in [6.07, 6.45) is 1.55. The lowest BCUT2D eigenvalue weighted by atomic mass is 10.2. The monoisotopic (exact) mass is 407 g/mol. The van der Waals surface area contributed by atoms with Crippen LogP contribution in [0.5, 0.6) is 17.2 Å². The van der Waals surface area contributed by atoms with Gasteiger partial charge in [-0.25, -0.2) is 9.99 Å². The van der Waals surface area contributed by atoms with E-state index in [0.717, 1.165) is 11.0 Å². The molecule has 0 amide bonds. The van der Waals surface area contributed by atoms with E-state index in [1.54, 1.807) is 25.5 Å². The molecule has 9 heteroatoms. The fraction of sp³-hybridized carbons (Fsp3) is 0.190. The Hall–Kier alpha value is -4.01. The lowest BCUT2D eigenvalue weighted by Crippen LogP contribution is -2.21. The third-order valence-corrected chi connectivity index (χ3v) is 4.78. The molecular weight excluding hydrogens is 386 g/mol. The van der Waals surface area contributed by atoms with Crippen molar-refractivity contribution >= 4 is 28.7 Å². The number of nitrogens with one attached hydrogen (secondary N) is 2. The van der Waals surface area contributed by atoms with E-state index in [4.69, 9.17) is 19.6 Å². The van der Waals surface area contributed by atoms with Crippen molar-refractivity contribution in [1.29, 1.82) is 5.41 Å². The SMILES string of the molecule is COc1ccc(/C=N/N2CC(O)=C(c3nc4ccccc4[nH]3)C2=N)c(OC)c1OC. The molecule has 154 valence electrons. The second kappa shape index (κ2) is 7.78. The standard InChI is InChI=1S/C21H21N5O4/c1-28-16-9-8-12(18(29-2)19(16)30-3)10-23-26-11-15(27)17(20(26)22)21-24-13-6-4-5-7-14(13)25-21/h4-10,22,27H,11H2,1-3H3,(H,24,25)/b22-20?,23-10+. The number of benzene rings is 2. The molecule has 0 unspecified atom stereocenters. The number of hydrazone groups is 1. The Morgan fingerprint density at radius 2 is 1.87 bits per heavy atom. The van der Waals surface area contributed by atoms with Gasteiger partial charge in [0.15, 0.2) is 17.3 Å². The van der Waals surface area contributed by atoms with Crippen molar-refractivity contribution < 1.29 is 19.3 Å². The van der Waals surface area contributed by atoms with Crippen LogP contribution >= 0.6 is 0 Å². The number of amidine groups is 1. The van der Waals surface area contributed by atoms with Crippen molar-refractivity contribution in [3.05, 3.63) is 53.5 Å². The Bertz CT molecular complexity index is 1150. The second-order valence-corrected chi connectivity index (χ2v) is 6.50. The van der Waals surface area contributed by atoms with E-state index in [2.05, 4.69) is 15.1 Å². The number of aromatic nitrogens is 2. The van der Waals surface area contributed by atoms with Crippen molar-refractivity contribution in [2.75, 3.05) is 27.9 Å². The maximum atomic E-state index is 10.5. The number of aliphatic hydroxyl groups is 1. The fourth-order valence-electron chi connectivity index (χ4n) is 3.34. The summed E-state index contributed by atoms with van der Waals surface area (Å²) < 4.78 is 16.1. The first-order valence-electron chi connectivity index (χ1n) is 9.14. The van der Waals surface area contributed by atoms with E-state index in [1.165, 1.54) is 19.2 Å². The lowest BCUT2D eigenvalue weighted by Gasteiger charge is -2.15. The summed E-state index contributed by atoms with van der Waals surface area (Å²) in [7, 11) is 4.60. The molecule has 0 saturated heterocycles. The first-order chi connectivity index (χ1) is 14.6. The first-order valence-corrected chi connectivity index (χ1v) is 9.14. The van der Waals surface area contributed by atoms with Gasteiger partial charge >= 0.3 is 0 Å². The summed E-state index contributed by atoms with van der Waals surface area (Å²) in [5.74, 6) is 1.94. The Morgan fingerprint density at radius 3 is 2.57 bits per heavy atom. The van der Waals surface area contributed by atoms with Gasteiger partial charge in [-0.2, -0.15) is 5.10 Å².